The lowest BCUT2D eigenvalue weighted by molar-refractivity contribution is -0.385. The van der Waals surface area contributed by atoms with Gasteiger partial charge >= 0.3 is 5.69 Å². The van der Waals surface area contributed by atoms with E-state index in [1.165, 1.54) is 30.7 Å². The third kappa shape index (κ3) is 2.67. The number of furan rings is 1. The van der Waals surface area contributed by atoms with E-state index in [4.69, 9.17) is 4.42 Å². The summed E-state index contributed by atoms with van der Waals surface area (Å²) < 4.78 is 5.77. The molecule has 2 N–H and O–H groups in total. The predicted molar refractivity (Wildman–Crippen MR) is 95.3 cm³/mol. The van der Waals surface area contributed by atoms with Crippen molar-refractivity contribution in [3.8, 4) is 5.75 Å². The van der Waals surface area contributed by atoms with E-state index in [0.717, 1.165) is 5.39 Å². The monoisotopic (exact) mass is 349 g/mol. The number of nitrogens with one attached hydrogen (secondary N) is 1. The zero-order valence-corrected chi connectivity index (χ0v) is 13.2. The standard InChI is InChI=1S/C17H11N5O4/c23-13-6-5-10(7-12(13)22(24)25)8-20-21-17-16-15(18-9-19-17)11-3-1-2-4-14(11)26-16/h1-9,23H,(H,18,19,21)/b20-8-. The Hall–Kier alpha value is -4.01. The number of aromatic nitrogens is 2. The van der Waals surface area contributed by atoms with Crippen molar-refractivity contribution in [3.05, 3.63) is 64.5 Å². The van der Waals surface area contributed by atoms with Crippen LogP contribution in [0.1, 0.15) is 5.56 Å². The second-order valence-electron chi connectivity index (χ2n) is 5.37. The number of nitro benzene ring substituents is 1. The fraction of sp³-hybridized carbons (Fsp3) is 0. The summed E-state index contributed by atoms with van der Waals surface area (Å²) in [5, 5.41) is 25.2. The molecule has 2 aromatic heterocycles. The number of para-hydroxylation sites is 1. The number of nitro groups is 1. The number of benzene rings is 2. The molecule has 0 radical (unpaired) electrons. The zero-order valence-electron chi connectivity index (χ0n) is 13.2. The average Bonchev–Trinajstić information content (AvgIpc) is 3.02. The first-order valence-electron chi connectivity index (χ1n) is 7.52. The van der Waals surface area contributed by atoms with Crippen LogP contribution in [0.25, 0.3) is 22.1 Å². The smallest absolute Gasteiger partial charge is 0.311 e. The number of phenolic OH excluding ortho intramolecular Hbond substituents is 1. The molecule has 0 aliphatic heterocycles. The van der Waals surface area contributed by atoms with Crippen molar-refractivity contribution < 1.29 is 14.4 Å². The first-order valence-corrected chi connectivity index (χ1v) is 7.52. The Morgan fingerprint density at radius 3 is 2.92 bits per heavy atom. The highest BCUT2D eigenvalue weighted by Gasteiger charge is 2.14. The van der Waals surface area contributed by atoms with Gasteiger partial charge in [0.1, 0.15) is 17.4 Å². The minimum atomic E-state index is -0.664. The van der Waals surface area contributed by atoms with Gasteiger partial charge < -0.3 is 9.52 Å². The average molecular weight is 349 g/mol. The van der Waals surface area contributed by atoms with Crippen molar-refractivity contribution in [2.45, 2.75) is 0 Å². The van der Waals surface area contributed by atoms with Crippen LogP contribution in [0, 0.1) is 10.1 Å². The number of nitrogens with zero attached hydrogens (tertiary/aromatic N) is 4. The summed E-state index contributed by atoms with van der Waals surface area (Å²) in [6, 6.07) is 11.4. The van der Waals surface area contributed by atoms with E-state index in [1.807, 2.05) is 24.3 Å². The molecule has 0 fully saturated rings. The maximum atomic E-state index is 10.9. The van der Waals surface area contributed by atoms with E-state index in [9.17, 15) is 15.2 Å². The first kappa shape index (κ1) is 15.5. The van der Waals surface area contributed by atoms with Crippen molar-refractivity contribution >= 4 is 39.8 Å². The quantitative estimate of drug-likeness (QED) is 0.328. The van der Waals surface area contributed by atoms with Crippen LogP contribution >= 0.6 is 0 Å². The molecule has 4 aromatic rings. The van der Waals surface area contributed by atoms with Gasteiger partial charge in [0.05, 0.1) is 11.1 Å². The molecule has 9 nitrogen and oxygen atoms in total. The molecule has 26 heavy (non-hydrogen) atoms. The molecule has 0 amide bonds. The van der Waals surface area contributed by atoms with E-state index in [0.29, 0.717) is 28.1 Å². The Morgan fingerprint density at radius 1 is 1.23 bits per heavy atom. The maximum absolute atomic E-state index is 10.9. The summed E-state index contributed by atoms with van der Waals surface area (Å²) in [5.74, 6) is -0.0318. The largest absolute Gasteiger partial charge is 0.502 e. The molecule has 128 valence electrons. The third-order valence-corrected chi connectivity index (χ3v) is 3.74. The van der Waals surface area contributed by atoms with Crippen molar-refractivity contribution in [2.24, 2.45) is 5.10 Å². The van der Waals surface area contributed by atoms with Crippen molar-refractivity contribution in [1.29, 1.82) is 0 Å². The SMILES string of the molecule is O=[N+]([O-])c1cc(/C=N\Nc2ncnc3c2oc2ccccc23)ccc1O. The molecule has 0 aliphatic carbocycles. The normalized spacial score (nSPS) is 11.4. The van der Waals surface area contributed by atoms with Crippen LogP contribution in [0.15, 0.2) is 58.3 Å². The lowest BCUT2D eigenvalue weighted by Crippen LogP contribution is -1.95. The number of hydrogen-bond acceptors (Lipinski definition) is 8. The van der Waals surface area contributed by atoms with Gasteiger partial charge in [0.25, 0.3) is 0 Å². The molecular weight excluding hydrogens is 338 g/mol. The van der Waals surface area contributed by atoms with Gasteiger partial charge in [0, 0.05) is 17.0 Å². The number of fused-ring (bicyclic) bond motifs is 3. The summed E-state index contributed by atoms with van der Waals surface area (Å²) in [4.78, 5) is 18.5. The van der Waals surface area contributed by atoms with Crippen molar-refractivity contribution in [3.63, 3.8) is 0 Å². The zero-order chi connectivity index (χ0) is 18.1. The highest BCUT2D eigenvalue weighted by Crippen LogP contribution is 2.30. The van der Waals surface area contributed by atoms with Gasteiger partial charge in [-0.05, 0) is 24.3 Å². The molecule has 0 spiro atoms. The molecule has 9 heteroatoms. The van der Waals surface area contributed by atoms with E-state index in [2.05, 4.69) is 20.5 Å². The van der Waals surface area contributed by atoms with Gasteiger partial charge in [-0.1, -0.05) is 12.1 Å². The van der Waals surface area contributed by atoms with E-state index in [-0.39, 0.29) is 0 Å². The molecular formula is C17H11N5O4. The van der Waals surface area contributed by atoms with Gasteiger partial charge in [0.2, 0.25) is 0 Å². The Labute approximate surface area is 145 Å². The lowest BCUT2D eigenvalue weighted by Gasteiger charge is -2.00. The highest BCUT2D eigenvalue weighted by molar-refractivity contribution is 6.05. The Morgan fingerprint density at radius 2 is 2.08 bits per heavy atom. The Bertz CT molecular complexity index is 1170. The second kappa shape index (κ2) is 6.13. The molecule has 0 bridgehead atoms. The van der Waals surface area contributed by atoms with E-state index >= 15 is 0 Å². The van der Waals surface area contributed by atoms with Gasteiger partial charge in [0.15, 0.2) is 17.2 Å². The number of hydrogen-bond donors (Lipinski definition) is 2. The van der Waals surface area contributed by atoms with Crippen LogP contribution in [0.4, 0.5) is 11.5 Å². The minimum absolute atomic E-state index is 0.371. The topological polar surface area (TPSA) is 127 Å². The molecule has 0 unspecified atom stereocenters. The Kier molecular flexibility index (Phi) is 3.66. The lowest BCUT2D eigenvalue weighted by atomic mass is 10.2. The van der Waals surface area contributed by atoms with Crippen LogP contribution in [0.5, 0.6) is 5.75 Å². The molecule has 2 aromatic carbocycles. The fourth-order valence-electron chi connectivity index (χ4n) is 2.54. The number of anilines is 1. The summed E-state index contributed by atoms with van der Waals surface area (Å²) in [7, 11) is 0. The summed E-state index contributed by atoms with van der Waals surface area (Å²) in [6.07, 6.45) is 2.77. The second-order valence-corrected chi connectivity index (χ2v) is 5.37. The van der Waals surface area contributed by atoms with Crippen LogP contribution in [-0.2, 0) is 0 Å². The van der Waals surface area contributed by atoms with Crippen molar-refractivity contribution in [2.75, 3.05) is 5.43 Å². The number of phenols is 1. The summed E-state index contributed by atoms with van der Waals surface area (Å²) >= 11 is 0. The van der Waals surface area contributed by atoms with Gasteiger partial charge in [-0.25, -0.2) is 9.97 Å². The van der Waals surface area contributed by atoms with Gasteiger partial charge in [-0.2, -0.15) is 5.10 Å². The molecule has 2 heterocycles. The molecule has 0 atom stereocenters. The molecule has 0 saturated heterocycles. The number of rotatable bonds is 4. The minimum Gasteiger partial charge on any atom is -0.502 e. The summed E-state index contributed by atoms with van der Waals surface area (Å²) in [6.45, 7) is 0. The van der Waals surface area contributed by atoms with Gasteiger partial charge in [-0.15, -0.1) is 0 Å². The molecule has 4 rings (SSSR count). The van der Waals surface area contributed by atoms with Crippen molar-refractivity contribution in [1.82, 2.24) is 9.97 Å². The predicted octanol–water partition coefficient (Wildman–Crippen LogP) is 3.44. The van der Waals surface area contributed by atoms with E-state index in [1.54, 1.807) is 0 Å². The van der Waals surface area contributed by atoms with Crippen LogP contribution < -0.4 is 5.43 Å². The van der Waals surface area contributed by atoms with Crippen LogP contribution in [0.3, 0.4) is 0 Å². The summed E-state index contributed by atoms with van der Waals surface area (Å²) in [5.41, 5.74) is 4.61. The Balaban J connectivity index is 1.65. The van der Waals surface area contributed by atoms with E-state index < -0.39 is 16.4 Å². The highest BCUT2D eigenvalue weighted by atomic mass is 16.6. The third-order valence-electron chi connectivity index (χ3n) is 3.74. The maximum Gasteiger partial charge on any atom is 0.311 e. The van der Waals surface area contributed by atoms with Gasteiger partial charge in [-0.3, -0.25) is 15.5 Å². The number of hydrazone groups is 1. The fourth-order valence-corrected chi connectivity index (χ4v) is 2.54. The first-order chi connectivity index (χ1) is 12.6. The van der Waals surface area contributed by atoms with Crippen LogP contribution in [0.2, 0.25) is 0 Å². The number of aromatic hydroxyl groups is 1. The molecule has 0 aliphatic rings. The molecule has 0 saturated carbocycles. The van der Waals surface area contributed by atoms with Crippen LogP contribution in [-0.4, -0.2) is 26.2 Å².